The maximum absolute atomic E-state index is 10.7. The predicted octanol–water partition coefficient (Wildman–Crippen LogP) is 2.35. The summed E-state index contributed by atoms with van der Waals surface area (Å²) in [5, 5.41) is 0. The number of ether oxygens (including phenoxy) is 1. The smallest absolute Gasteiger partial charge is 0 e. The summed E-state index contributed by atoms with van der Waals surface area (Å²) in [5.41, 5.74) is 0. The van der Waals surface area contributed by atoms with Crippen molar-refractivity contribution in [1.29, 1.82) is 0 Å². The summed E-state index contributed by atoms with van der Waals surface area (Å²) >= 11 is 0. The fourth-order valence-corrected chi connectivity index (χ4v) is 1.40. The van der Waals surface area contributed by atoms with Crippen LogP contribution in [0.1, 0.15) is 26.2 Å². The van der Waals surface area contributed by atoms with Crippen molar-refractivity contribution in [2.24, 2.45) is 5.92 Å². The molecule has 5 nitrogen and oxygen atoms in total. The van der Waals surface area contributed by atoms with Crippen LogP contribution in [-0.4, -0.2) is 12.9 Å². The van der Waals surface area contributed by atoms with Gasteiger partial charge < -0.3 is 9.53 Å². The standard InChI is InChI=1S/C11H16O2.3CO.Fe/c1-9(12)3-4-10-5-7-11(13-2)8-6-10;3*1-2;/h5,7-8,10H,3-4,6H2,1-2H3;;;;. The van der Waals surface area contributed by atoms with Gasteiger partial charge in [0.25, 0.3) is 0 Å². The van der Waals surface area contributed by atoms with Crippen LogP contribution < -0.4 is 0 Å². The summed E-state index contributed by atoms with van der Waals surface area (Å²) in [5.74, 6) is 1.72. The number of ketones is 1. The molecule has 1 aliphatic carbocycles. The van der Waals surface area contributed by atoms with E-state index in [-0.39, 0.29) is 22.9 Å². The van der Waals surface area contributed by atoms with Gasteiger partial charge in [-0.2, -0.15) is 0 Å². The Morgan fingerprint density at radius 3 is 2.10 bits per heavy atom. The minimum absolute atomic E-state index is 0. The van der Waals surface area contributed by atoms with Crippen LogP contribution in [-0.2, 0) is 40.6 Å². The van der Waals surface area contributed by atoms with E-state index in [1.54, 1.807) is 14.0 Å². The van der Waals surface area contributed by atoms with Crippen LogP contribution >= 0.6 is 0 Å². The van der Waals surface area contributed by atoms with Crippen LogP contribution in [0.15, 0.2) is 24.0 Å². The molecule has 0 aromatic carbocycles. The van der Waals surface area contributed by atoms with E-state index in [0.717, 1.165) is 18.6 Å². The summed E-state index contributed by atoms with van der Waals surface area (Å²) in [4.78, 5) is 10.7. The number of rotatable bonds is 4. The molecule has 0 bridgehead atoms. The molecule has 1 atom stereocenters. The van der Waals surface area contributed by atoms with Gasteiger partial charge in [0, 0.05) is 23.5 Å². The summed E-state index contributed by atoms with van der Waals surface area (Å²) in [6, 6.07) is 0. The minimum atomic E-state index is 0. The molecule has 0 radical (unpaired) electrons. The molecule has 0 aromatic heterocycles. The molecule has 1 aliphatic rings. The summed E-state index contributed by atoms with van der Waals surface area (Å²) in [6.45, 7) is 15.1. The third-order valence-corrected chi connectivity index (χ3v) is 2.26. The molecular weight excluding hydrogens is 304 g/mol. The van der Waals surface area contributed by atoms with E-state index in [9.17, 15) is 4.79 Å². The van der Waals surface area contributed by atoms with Crippen molar-refractivity contribution in [1.82, 2.24) is 0 Å². The van der Waals surface area contributed by atoms with Crippen molar-refractivity contribution in [2.45, 2.75) is 26.2 Å². The molecule has 1 rings (SSSR count). The number of hydrogen-bond acceptors (Lipinski definition) is 2. The SMILES string of the molecule is COC1=CCC(CCC(C)=O)C=C1.[C-]#[O+].[C-]#[O+].[C-]#[O+].[Fe]. The topological polar surface area (TPSA) is 86.0 Å². The first-order valence-electron chi connectivity index (χ1n) is 5.25. The van der Waals surface area contributed by atoms with Gasteiger partial charge in [-0.25, -0.2) is 0 Å². The second kappa shape index (κ2) is 22.8. The third kappa shape index (κ3) is 16.7. The van der Waals surface area contributed by atoms with E-state index in [0.29, 0.717) is 12.3 Å². The van der Waals surface area contributed by atoms with Gasteiger partial charge in [0.2, 0.25) is 0 Å². The zero-order valence-electron chi connectivity index (χ0n) is 11.3. The first-order chi connectivity index (χ1) is 9.22. The van der Waals surface area contributed by atoms with E-state index < -0.39 is 0 Å². The van der Waals surface area contributed by atoms with Crippen molar-refractivity contribution < 1.29 is 40.6 Å². The van der Waals surface area contributed by atoms with Crippen LogP contribution in [0.3, 0.4) is 0 Å². The maximum atomic E-state index is 10.7. The van der Waals surface area contributed by atoms with Gasteiger partial charge in [-0.15, -0.1) is 0 Å². The Morgan fingerprint density at radius 1 is 1.30 bits per heavy atom. The van der Waals surface area contributed by atoms with Gasteiger partial charge in [0.05, 0.1) is 7.11 Å². The Kier molecular flexibility index (Phi) is 30.9. The Morgan fingerprint density at radius 2 is 1.80 bits per heavy atom. The molecule has 20 heavy (non-hydrogen) atoms. The molecule has 0 aliphatic heterocycles. The predicted molar refractivity (Wildman–Crippen MR) is 64.0 cm³/mol. The number of methoxy groups -OCH3 is 1. The molecule has 110 valence electrons. The first-order valence-corrected chi connectivity index (χ1v) is 5.25. The molecule has 6 heteroatoms. The number of carbonyl (C=O) groups excluding carboxylic acids is 1. The van der Waals surface area contributed by atoms with Gasteiger partial charge in [-0.1, -0.05) is 6.08 Å². The summed E-state index contributed by atoms with van der Waals surface area (Å²) in [7, 11) is 1.67. The van der Waals surface area contributed by atoms with E-state index in [4.69, 9.17) is 18.7 Å². The molecule has 0 spiro atoms. The van der Waals surface area contributed by atoms with Gasteiger partial charge in [0.15, 0.2) is 0 Å². The molecule has 0 saturated carbocycles. The van der Waals surface area contributed by atoms with Crippen molar-refractivity contribution in [3.8, 4) is 0 Å². The normalized spacial score (nSPS) is 14.0. The van der Waals surface area contributed by atoms with Crippen LogP contribution in [0.2, 0.25) is 0 Å². The van der Waals surface area contributed by atoms with E-state index in [1.807, 2.05) is 6.08 Å². The monoisotopic (exact) mass is 320 g/mol. The average molecular weight is 320 g/mol. The van der Waals surface area contributed by atoms with Crippen molar-refractivity contribution in [3.63, 3.8) is 0 Å². The Hall–Kier alpha value is -1.31. The third-order valence-electron chi connectivity index (χ3n) is 2.26. The Bertz CT molecular complexity index is 338. The van der Waals surface area contributed by atoms with Crippen molar-refractivity contribution >= 4 is 5.78 Å². The quantitative estimate of drug-likeness (QED) is 0.452. The van der Waals surface area contributed by atoms with Gasteiger partial charge in [-0.3, -0.25) is 0 Å². The Balaban J connectivity index is -0.000000162. The molecule has 0 amide bonds. The van der Waals surface area contributed by atoms with Crippen LogP contribution in [0.4, 0.5) is 0 Å². The summed E-state index contributed by atoms with van der Waals surface area (Å²) in [6.07, 6.45) is 8.82. The van der Waals surface area contributed by atoms with Crippen LogP contribution in [0.25, 0.3) is 0 Å². The fraction of sp³-hybridized carbons (Fsp3) is 0.429. The van der Waals surface area contributed by atoms with Gasteiger partial charge in [-0.05, 0) is 37.8 Å². The largest absolute Gasteiger partial charge is 0 e. The fourth-order valence-electron chi connectivity index (χ4n) is 1.40. The Labute approximate surface area is 130 Å². The number of carbonyl (C=O) groups is 1. The number of Topliss-reactive ketones (excluding diaryl/α,β-unsaturated/α-hetero) is 1. The van der Waals surface area contributed by atoms with E-state index in [1.165, 1.54) is 0 Å². The second-order valence-electron chi connectivity index (χ2n) is 3.41. The average Bonchev–Trinajstić information content (AvgIpc) is 2.51. The molecule has 0 N–H and O–H groups in total. The molecule has 0 aromatic rings. The molecular formula is C14H16FeO5. The van der Waals surface area contributed by atoms with Gasteiger partial charge >= 0.3 is 33.9 Å². The minimum Gasteiger partial charge on any atom is 0 e. The van der Waals surface area contributed by atoms with E-state index in [2.05, 4.69) is 32.1 Å². The van der Waals surface area contributed by atoms with Crippen LogP contribution in [0, 0.1) is 25.9 Å². The zero-order chi connectivity index (χ0) is 15.7. The summed E-state index contributed by atoms with van der Waals surface area (Å²) < 4.78 is 27.6. The molecule has 0 fully saturated rings. The van der Waals surface area contributed by atoms with E-state index >= 15 is 0 Å². The molecule has 0 saturated heterocycles. The number of hydrogen-bond donors (Lipinski definition) is 0. The van der Waals surface area contributed by atoms with Crippen molar-refractivity contribution in [2.75, 3.05) is 7.11 Å². The van der Waals surface area contributed by atoms with Crippen LogP contribution in [0.5, 0.6) is 0 Å². The maximum Gasteiger partial charge on any atom is 0 e. The van der Waals surface area contributed by atoms with Gasteiger partial charge in [0.1, 0.15) is 11.5 Å². The number of allylic oxidation sites excluding steroid dienone is 3. The zero-order valence-corrected chi connectivity index (χ0v) is 12.4. The second-order valence-corrected chi connectivity index (χ2v) is 3.41. The van der Waals surface area contributed by atoms with Crippen molar-refractivity contribution in [3.05, 3.63) is 43.9 Å². The molecule has 0 heterocycles. The molecule has 1 unspecified atom stereocenters. The first kappa shape index (κ1) is 27.1.